The zero-order valence-electron chi connectivity index (χ0n) is 25.7. The number of nitrogens with zero attached hydrogens (tertiary/aromatic N) is 2. The number of hydrogen-bond donors (Lipinski definition) is 0. The van der Waals surface area contributed by atoms with Gasteiger partial charge in [-0.1, -0.05) is 152 Å². The van der Waals surface area contributed by atoms with Crippen LogP contribution in [0.5, 0.6) is 0 Å². The summed E-state index contributed by atoms with van der Waals surface area (Å²) in [6.45, 7) is 0. The Labute approximate surface area is 274 Å². The van der Waals surface area contributed by atoms with E-state index in [0.717, 1.165) is 22.5 Å². The second-order valence-electron chi connectivity index (χ2n) is 12.2. The highest BCUT2D eigenvalue weighted by atomic mass is 14.8. The lowest BCUT2D eigenvalue weighted by atomic mass is 9.91. The van der Waals surface area contributed by atoms with Crippen LogP contribution >= 0.6 is 0 Å². The maximum absolute atomic E-state index is 4.76. The number of hydrogen-bond acceptors (Lipinski definition) is 2. The van der Waals surface area contributed by atoms with Crippen molar-refractivity contribution in [1.29, 1.82) is 0 Å². The van der Waals surface area contributed by atoms with Crippen molar-refractivity contribution in [3.63, 3.8) is 0 Å². The molecule has 0 saturated heterocycles. The van der Waals surface area contributed by atoms with E-state index in [1.54, 1.807) is 6.33 Å². The number of rotatable bonds is 5. The van der Waals surface area contributed by atoms with Crippen LogP contribution in [-0.4, -0.2) is 9.97 Å². The van der Waals surface area contributed by atoms with E-state index in [0.29, 0.717) is 0 Å². The minimum absolute atomic E-state index is 0.144. The highest BCUT2D eigenvalue weighted by Crippen LogP contribution is 2.40. The fraction of sp³-hybridized carbons (Fsp3) is 0.0222. The van der Waals surface area contributed by atoms with Crippen molar-refractivity contribution in [3.8, 4) is 33.6 Å². The van der Waals surface area contributed by atoms with Crippen LogP contribution in [0.1, 0.15) is 17.0 Å². The maximum atomic E-state index is 4.76. The third-order valence-electron chi connectivity index (χ3n) is 9.45. The van der Waals surface area contributed by atoms with Crippen molar-refractivity contribution in [1.82, 2.24) is 9.97 Å². The zero-order valence-corrected chi connectivity index (χ0v) is 25.7. The third-order valence-corrected chi connectivity index (χ3v) is 9.45. The van der Waals surface area contributed by atoms with Gasteiger partial charge in [-0.05, 0) is 78.3 Å². The van der Waals surface area contributed by atoms with Gasteiger partial charge >= 0.3 is 0 Å². The van der Waals surface area contributed by atoms with Gasteiger partial charge in [0.25, 0.3) is 0 Å². The van der Waals surface area contributed by atoms with Crippen molar-refractivity contribution in [3.05, 3.63) is 187 Å². The fourth-order valence-corrected chi connectivity index (χ4v) is 7.16. The van der Waals surface area contributed by atoms with Crippen LogP contribution in [0.15, 0.2) is 176 Å². The van der Waals surface area contributed by atoms with Crippen molar-refractivity contribution < 1.29 is 0 Å². The van der Waals surface area contributed by atoms with E-state index in [4.69, 9.17) is 4.98 Å². The van der Waals surface area contributed by atoms with Crippen LogP contribution in [0.3, 0.4) is 0 Å². The van der Waals surface area contributed by atoms with Gasteiger partial charge in [0, 0.05) is 17.0 Å². The van der Waals surface area contributed by atoms with Crippen LogP contribution in [0.4, 0.5) is 0 Å². The summed E-state index contributed by atoms with van der Waals surface area (Å²) in [7, 11) is 0. The summed E-state index contributed by atoms with van der Waals surface area (Å²) in [6.07, 6.45) is 8.65. The molecule has 1 unspecified atom stereocenters. The average Bonchev–Trinajstić information content (AvgIpc) is 3.66. The van der Waals surface area contributed by atoms with Gasteiger partial charge in [-0.3, -0.25) is 0 Å². The zero-order chi connectivity index (χ0) is 31.2. The summed E-state index contributed by atoms with van der Waals surface area (Å²) in [4.78, 5) is 9.43. The van der Waals surface area contributed by atoms with Crippen LogP contribution in [0, 0.1) is 0 Å². The Kier molecular flexibility index (Phi) is 6.57. The molecular weight excluding hydrogens is 569 g/mol. The summed E-state index contributed by atoms with van der Waals surface area (Å²) in [5, 5.41) is 7.78. The van der Waals surface area contributed by atoms with E-state index < -0.39 is 0 Å². The van der Waals surface area contributed by atoms with Gasteiger partial charge in [0.05, 0.1) is 11.4 Å². The Morgan fingerprint density at radius 1 is 0.404 bits per heavy atom. The predicted octanol–water partition coefficient (Wildman–Crippen LogP) is 11.7. The molecule has 9 rings (SSSR count). The SMILES string of the molecule is C1=CC(c2ccccc2-c2cc(-c3cccc(-c4ccccc4)c3)ncn2)C=C1c1ccc2c3ccccc3c3ccccc3c2c1. The molecular formula is C45H30N2. The van der Waals surface area contributed by atoms with E-state index in [1.807, 2.05) is 6.07 Å². The summed E-state index contributed by atoms with van der Waals surface area (Å²) < 4.78 is 0. The number of allylic oxidation sites excluding steroid dienone is 4. The van der Waals surface area contributed by atoms with Crippen molar-refractivity contribution in [2.75, 3.05) is 0 Å². The standard InChI is InChI=1S/C45H30N2/c1-2-11-30(12-3-1)31-13-10-14-35(26-31)44-28-45(47-29-46-44)42-20-9-4-15-36(42)34-22-21-32(25-34)33-23-24-41-39-18-6-5-16-37(39)38-17-7-8-19-40(38)43(41)27-33/h1-29,34H. The van der Waals surface area contributed by atoms with E-state index in [2.05, 4.69) is 169 Å². The molecule has 0 bridgehead atoms. The number of benzene rings is 7. The van der Waals surface area contributed by atoms with Gasteiger partial charge in [-0.2, -0.15) is 0 Å². The molecule has 1 aromatic heterocycles. The van der Waals surface area contributed by atoms with Crippen LogP contribution < -0.4 is 0 Å². The lowest BCUT2D eigenvalue weighted by molar-refractivity contribution is 1.09. The lowest BCUT2D eigenvalue weighted by Gasteiger charge is -2.14. The molecule has 0 saturated carbocycles. The molecule has 1 aliphatic carbocycles. The van der Waals surface area contributed by atoms with Gasteiger partial charge in [0.1, 0.15) is 6.33 Å². The molecule has 0 spiro atoms. The second-order valence-corrected chi connectivity index (χ2v) is 12.2. The Balaban J connectivity index is 1.08. The smallest absolute Gasteiger partial charge is 0.116 e. The van der Waals surface area contributed by atoms with Gasteiger partial charge in [-0.15, -0.1) is 0 Å². The van der Waals surface area contributed by atoms with E-state index in [9.17, 15) is 0 Å². The molecule has 2 heteroatoms. The molecule has 0 fully saturated rings. The minimum Gasteiger partial charge on any atom is -0.236 e. The summed E-state index contributed by atoms with van der Waals surface area (Å²) in [6, 6.07) is 54.2. The highest BCUT2D eigenvalue weighted by Gasteiger charge is 2.19. The second kappa shape index (κ2) is 11.3. The maximum Gasteiger partial charge on any atom is 0.116 e. The first-order valence-electron chi connectivity index (χ1n) is 16.1. The van der Waals surface area contributed by atoms with Gasteiger partial charge in [-0.25, -0.2) is 9.97 Å². The molecule has 1 atom stereocenters. The Morgan fingerprint density at radius 2 is 1.02 bits per heavy atom. The quantitative estimate of drug-likeness (QED) is 0.184. The highest BCUT2D eigenvalue weighted by molar-refractivity contribution is 6.25. The molecule has 1 aliphatic rings. The number of fused-ring (bicyclic) bond motifs is 6. The minimum atomic E-state index is 0.144. The molecule has 8 aromatic rings. The van der Waals surface area contributed by atoms with Gasteiger partial charge < -0.3 is 0 Å². The van der Waals surface area contributed by atoms with Gasteiger partial charge in [0.15, 0.2) is 0 Å². The average molecular weight is 599 g/mol. The monoisotopic (exact) mass is 598 g/mol. The molecule has 0 N–H and O–H groups in total. The first-order valence-corrected chi connectivity index (χ1v) is 16.1. The van der Waals surface area contributed by atoms with E-state index >= 15 is 0 Å². The molecule has 220 valence electrons. The summed E-state index contributed by atoms with van der Waals surface area (Å²) in [5.74, 6) is 0.144. The van der Waals surface area contributed by atoms with Crippen molar-refractivity contribution in [2.24, 2.45) is 0 Å². The predicted molar refractivity (Wildman–Crippen MR) is 197 cm³/mol. The molecule has 47 heavy (non-hydrogen) atoms. The largest absolute Gasteiger partial charge is 0.236 e. The van der Waals surface area contributed by atoms with Crippen LogP contribution in [0.25, 0.3) is 71.5 Å². The Morgan fingerprint density at radius 3 is 1.81 bits per heavy atom. The topological polar surface area (TPSA) is 25.8 Å². The summed E-state index contributed by atoms with van der Waals surface area (Å²) >= 11 is 0. The normalized spacial score (nSPS) is 14.2. The first kappa shape index (κ1) is 27.2. The van der Waals surface area contributed by atoms with E-state index in [-0.39, 0.29) is 5.92 Å². The molecule has 7 aromatic carbocycles. The third kappa shape index (κ3) is 4.83. The number of aromatic nitrogens is 2. The first-order chi connectivity index (χ1) is 23.3. The van der Waals surface area contributed by atoms with Crippen LogP contribution in [0.2, 0.25) is 0 Å². The van der Waals surface area contributed by atoms with Crippen LogP contribution in [-0.2, 0) is 0 Å². The Bertz CT molecular complexity index is 2490. The van der Waals surface area contributed by atoms with Gasteiger partial charge in [0.2, 0.25) is 0 Å². The Hall–Kier alpha value is -6.12. The molecule has 1 heterocycles. The molecule has 0 amide bonds. The fourth-order valence-electron chi connectivity index (χ4n) is 7.16. The van der Waals surface area contributed by atoms with Crippen molar-refractivity contribution in [2.45, 2.75) is 5.92 Å². The van der Waals surface area contributed by atoms with Crippen molar-refractivity contribution >= 4 is 37.9 Å². The molecule has 0 aliphatic heterocycles. The lowest BCUT2D eigenvalue weighted by Crippen LogP contribution is -1.96. The van der Waals surface area contributed by atoms with E-state index in [1.165, 1.54) is 60.1 Å². The molecule has 2 nitrogen and oxygen atoms in total. The summed E-state index contributed by atoms with van der Waals surface area (Å²) in [5.41, 5.74) is 10.1. The molecule has 0 radical (unpaired) electrons.